The molecule has 17 heavy (non-hydrogen) atoms. The highest BCUT2D eigenvalue weighted by Crippen LogP contribution is 2.21. The van der Waals surface area contributed by atoms with Crippen LogP contribution in [0.5, 0.6) is 5.75 Å². The quantitative estimate of drug-likeness (QED) is 0.750. The molecule has 0 saturated carbocycles. The molecule has 1 aliphatic rings. The maximum atomic E-state index is 11.9. The van der Waals surface area contributed by atoms with Gasteiger partial charge in [-0.25, -0.2) is 0 Å². The molecule has 1 heterocycles. The van der Waals surface area contributed by atoms with Crippen LogP contribution in [0.3, 0.4) is 0 Å². The minimum absolute atomic E-state index is 0.0845. The molecule has 2 rings (SSSR count). The number of carbonyl (C=O) groups is 1. The van der Waals surface area contributed by atoms with Gasteiger partial charge in [0.05, 0.1) is 5.56 Å². The number of amides is 1. The van der Waals surface area contributed by atoms with Crippen LogP contribution in [-0.2, 0) is 0 Å². The number of benzene rings is 1. The van der Waals surface area contributed by atoms with E-state index in [0.717, 1.165) is 25.9 Å². The molecule has 0 radical (unpaired) electrons. The molecule has 1 aliphatic heterocycles. The average molecular weight is 255 g/mol. The van der Waals surface area contributed by atoms with E-state index in [-0.39, 0.29) is 23.3 Å². The van der Waals surface area contributed by atoms with Crippen molar-refractivity contribution in [2.24, 2.45) is 0 Å². The molecule has 0 bridgehead atoms. The number of hydrogen-bond donors (Lipinski definition) is 3. The van der Waals surface area contributed by atoms with E-state index in [4.69, 9.17) is 11.6 Å². The molecule has 4 nitrogen and oxygen atoms in total. The Kier molecular flexibility index (Phi) is 3.86. The second-order valence-electron chi connectivity index (χ2n) is 4.18. The number of aromatic hydroxyl groups is 1. The highest BCUT2D eigenvalue weighted by atomic mass is 35.5. The number of phenols is 1. The van der Waals surface area contributed by atoms with Crippen LogP contribution >= 0.6 is 11.6 Å². The Morgan fingerprint density at radius 1 is 1.53 bits per heavy atom. The van der Waals surface area contributed by atoms with Gasteiger partial charge in [-0.05, 0) is 37.6 Å². The summed E-state index contributed by atoms with van der Waals surface area (Å²) in [7, 11) is 0. The van der Waals surface area contributed by atoms with E-state index in [1.807, 2.05) is 0 Å². The molecule has 1 saturated heterocycles. The number of rotatable bonds is 2. The van der Waals surface area contributed by atoms with Gasteiger partial charge in [-0.1, -0.05) is 11.6 Å². The fourth-order valence-electron chi connectivity index (χ4n) is 1.93. The van der Waals surface area contributed by atoms with Gasteiger partial charge in [0, 0.05) is 17.6 Å². The average Bonchev–Trinajstić information content (AvgIpc) is 2.30. The molecule has 92 valence electrons. The maximum absolute atomic E-state index is 11.9. The number of phenolic OH excluding ortho intramolecular Hbond substituents is 1. The molecule has 1 unspecified atom stereocenters. The number of halogens is 1. The van der Waals surface area contributed by atoms with Gasteiger partial charge in [0.25, 0.3) is 5.91 Å². The summed E-state index contributed by atoms with van der Waals surface area (Å²) in [6, 6.07) is 4.63. The highest BCUT2D eigenvalue weighted by molar-refractivity contribution is 6.30. The van der Waals surface area contributed by atoms with Gasteiger partial charge < -0.3 is 15.7 Å². The standard InChI is InChI=1S/C12H15ClN2O2/c13-8-3-4-10(11(16)6-8)12(17)15-9-2-1-5-14-7-9/h3-4,6,9,14,16H,1-2,5,7H2,(H,15,17). The van der Waals surface area contributed by atoms with Crippen molar-refractivity contribution in [3.63, 3.8) is 0 Å². The number of carbonyl (C=O) groups excluding carboxylic acids is 1. The molecule has 5 heteroatoms. The van der Waals surface area contributed by atoms with Gasteiger partial charge in [-0.2, -0.15) is 0 Å². The predicted molar refractivity (Wildman–Crippen MR) is 66.5 cm³/mol. The van der Waals surface area contributed by atoms with Crippen molar-refractivity contribution in [2.45, 2.75) is 18.9 Å². The van der Waals surface area contributed by atoms with Crippen molar-refractivity contribution in [2.75, 3.05) is 13.1 Å². The lowest BCUT2D eigenvalue weighted by Gasteiger charge is -2.23. The fraction of sp³-hybridized carbons (Fsp3) is 0.417. The summed E-state index contributed by atoms with van der Waals surface area (Å²) in [5, 5.41) is 16.2. The molecule has 1 atom stereocenters. The highest BCUT2D eigenvalue weighted by Gasteiger charge is 2.18. The van der Waals surface area contributed by atoms with Gasteiger partial charge >= 0.3 is 0 Å². The summed E-state index contributed by atoms with van der Waals surface area (Å²) >= 11 is 5.71. The van der Waals surface area contributed by atoms with E-state index in [1.54, 1.807) is 6.07 Å². The van der Waals surface area contributed by atoms with Gasteiger partial charge in [0.2, 0.25) is 0 Å². The first-order valence-corrected chi connectivity index (χ1v) is 6.04. The zero-order valence-electron chi connectivity index (χ0n) is 9.37. The van der Waals surface area contributed by atoms with Crippen molar-refractivity contribution >= 4 is 17.5 Å². The van der Waals surface area contributed by atoms with Gasteiger partial charge in [-0.15, -0.1) is 0 Å². The monoisotopic (exact) mass is 254 g/mol. The van der Waals surface area contributed by atoms with Crippen LogP contribution in [0.1, 0.15) is 23.2 Å². The zero-order chi connectivity index (χ0) is 12.3. The summed E-state index contributed by atoms with van der Waals surface area (Å²) in [5.41, 5.74) is 0.264. The van der Waals surface area contributed by atoms with Gasteiger partial charge in [0.15, 0.2) is 0 Å². The number of hydrogen-bond acceptors (Lipinski definition) is 3. The molecule has 1 aromatic rings. The first kappa shape index (κ1) is 12.2. The molecule has 0 aromatic heterocycles. The smallest absolute Gasteiger partial charge is 0.255 e. The summed E-state index contributed by atoms with van der Waals surface area (Å²) < 4.78 is 0. The molecule has 1 fully saturated rings. The van der Waals surface area contributed by atoms with Crippen molar-refractivity contribution < 1.29 is 9.90 Å². The summed E-state index contributed by atoms with van der Waals surface area (Å²) in [4.78, 5) is 11.9. The fourth-order valence-corrected chi connectivity index (χ4v) is 2.10. The Morgan fingerprint density at radius 2 is 2.35 bits per heavy atom. The Balaban J connectivity index is 2.03. The van der Waals surface area contributed by atoms with Crippen LogP contribution in [0.2, 0.25) is 5.02 Å². The first-order chi connectivity index (χ1) is 8.16. The SMILES string of the molecule is O=C(NC1CCCNC1)c1ccc(Cl)cc1O. The van der Waals surface area contributed by atoms with E-state index in [0.29, 0.717) is 5.02 Å². The minimum Gasteiger partial charge on any atom is -0.507 e. The zero-order valence-corrected chi connectivity index (χ0v) is 10.1. The lowest BCUT2D eigenvalue weighted by molar-refractivity contribution is 0.0928. The molecule has 3 N–H and O–H groups in total. The van der Waals surface area contributed by atoms with Crippen LogP contribution in [0.25, 0.3) is 0 Å². The third-order valence-corrected chi connectivity index (χ3v) is 3.07. The lowest BCUT2D eigenvalue weighted by atomic mass is 10.1. The molecule has 1 aromatic carbocycles. The Bertz CT molecular complexity index is 417. The largest absolute Gasteiger partial charge is 0.507 e. The first-order valence-electron chi connectivity index (χ1n) is 5.67. The van der Waals surface area contributed by atoms with Crippen LogP contribution in [0.15, 0.2) is 18.2 Å². The normalized spacial score (nSPS) is 19.9. The summed E-state index contributed by atoms with van der Waals surface area (Å²) in [5.74, 6) is -0.341. The van der Waals surface area contributed by atoms with E-state index in [1.165, 1.54) is 12.1 Å². The van der Waals surface area contributed by atoms with E-state index in [9.17, 15) is 9.90 Å². The van der Waals surface area contributed by atoms with Gasteiger partial charge in [-0.3, -0.25) is 4.79 Å². The Labute approximate surface area is 105 Å². The molecule has 0 spiro atoms. The predicted octanol–water partition coefficient (Wildman–Crippen LogP) is 1.53. The summed E-state index contributed by atoms with van der Waals surface area (Å²) in [6.07, 6.45) is 2.02. The third kappa shape index (κ3) is 3.11. The maximum Gasteiger partial charge on any atom is 0.255 e. The van der Waals surface area contributed by atoms with Crippen molar-refractivity contribution in [1.82, 2.24) is 10.6 Å². The van der Waals surface area contributed by atoms with E-state index in [2.05, 4.69) is 10.6 Å². The molecular formula is C12H15ClN2O2. The second kappa shape index (κ2) is 5.38. The molecular weight excluding hydrogens is 240 g/mol. The Morgan fingerprint density at radius 3 is 3.00 bits per heavy atom. The number of piperidine rings is 1. The molecule has 0 aliphatic carbocycles. The van der Waals surface area contributed by atoms with Gasteiger partial charge in [0.1, 0.15) is 5.75 Å². The Hall–Kier alpha value is -1.26. The topological polar surface area (TPSA) is 61.4 Å². The van der Waals surface area contributed by atoms with Crippen molar-refractivity contribution in [1.29, 1.82) is 0 Å². The number of nitrogens with one attached hydrogen (secondary N) is 2. The van der Waals surface area contributed by atoms with Crippen LogP contribution in [-0.4, -0.2) is 30.1 Å². The summed E-state index contributed by atoms with van der Waals surface area (Å²) in [6.45, 7) is 1.78. The van der Waals surface area contributed by atoms with E-state index < -0.39 is 0 Å². The van der Waals surface area contributed by atoms with Crippen LogP contribution in [0.4, 0.5) is 0 Å². The van der Waals surface area contributed by atoms with Crippen LogP contribution < -0.4 is 10.6 Å². The van der Waals surface area contributed by atoms with Crippen molar-refractivity contribution in [3.8, 4) is 5.75 Å². The van der Waals surface area contributed by atoms with Crippen LogP contribution in [0, 0.1) is 0 Å². The minimum atomic E-state index is -0.257. The third-order valence-electron chi connectivity index (χ3n) is 2.84. The second-order valence-corrected chi connectivity index (χ2v) is 4.61. The molecule has 1 amide bonds. The van der Waals surface area contributed by atoms with E-state index >= 15 is 0 Å². The van der Waals surface area contributed by atoms with Crippen molar-refractivity contribution in [3.05, 3.63) is 28.8 Å². The lowest BCUT2D eigenvalue weighted by Crippen LogP contribution is -2.45.